The fourth-order valence-electron chi connectivity index (χ4n) is 0.769. The molecule has 7 heteroatoms. The normalized spacial score (nSPS) is 11.4. The first-order valence-corrected chi connectivity index (χ1v) is 5.03. The van der Waals surface area contributed by atoms with E-state index in [0.717, 1.165) is 6.08 Å². The van der Waals surface area contributed by atoms with Crippen LogP contribution in [0.2, 0.25) is 0 Å². The number of esters is 1. The van der Waals surface area contributed by atoms with Crippen LogP contribution in [0.25, 0.3) is 0 Å². The van der Waals surface area contributed by atoms with Gasteiger partial charge in [0.2, 0.25) is 0 Å². The van der Waals surface area contributed by atoms with Crippen LogP contribution in [0, 0.1) is 0 Å². The van der Waals surface area contributed by atoms with E-state index < -0.39 is 27.4 Å². The standard InChI is InChI=1S/C7H12O5S.K/c1-4-6(8)12-7(2,3)5-13(9,10)11;/h4H,1,5H2,2-3H3,(H,9,10,11);/q;+1/p-1. The zero-order valence-electron chi connectivity index (χ0n) is 8.44. The van der Waals surface area contributed by atoms with E-state index in [2.05, 4.69) is 11.3 Å². The molecule has 0 saturated carbocycles. The van der Waals surface area contributed by atoms with Crippen LogP contribution in [0.1, 0.15) is 13.8 Å². The molecule has 76 valence electrons. The van der Waals surface area contributed by atoms with Crippen molar-refractivity contribution >= 4 is 16.1 Å². The van der Waals surface area contributed by atoms with Crippen molar-refractivity contribution in [2.75, 3.05) is 5.75 Å². The Morgan fingerprint density at radius 2 is 2.00 bits per heavy atom. The van der Waals surface area contributed by atoms with E-state index in [4.69, 9.17) is 0 Å². The minimum Gasteiger partial charge on any atom is -0.748 e. The number of hydrogen-bond acceptors (Lipinski definition) is 5. The molecule has 0 spiro atoms. The molecule has 0 radical (unpaired) electrons. The van der Waals surface area contributed by atoms with Crippen molar-refractivity contribution in [2.45, 2.75) is 19.4 Å². The van der Waals surface area contributed by atoms with Crippen molar-refractivity contribution in [1.82, 2.24) is 0 Å². The predicted molar refractivity (Wildman–Crippen MR) is 44.9 cm³/mol. The Balaban J connectivity index is 0. The van der Waals surface area contributed by atoms with Crippen LogP contribution < -0.4 is 51.4 Å². The van der Waals surface area contributed by atoms with E-state index >= 15 is 0 Å². The van der Waals surface area contributed by atoms with Gasteiger partial charge in [0.25, 0.3) is 0 Å². The maximum absolute atomic E-state index is 10.7. The van der Waals surface area contributed by atoms with Crippen LogP contribution in [-0.4, -0.2) is 30.3 Å². The van der Waals surface area contributed by atoms with Crippen molar-refractivity contribution in [3.05, 3.63) is 12.7 Å². The summed E-state index contributed by atoms with van der Waals surface area (Å²) in [6, 6.07) is 0. The second-order valence-corrected chi connectivity index (χ2v) is 4.49. The van der Waals surface area contributed by atoms with Gasteiger partial charge in [-0.15, -0.1) is 0 Å². The fraction of sp³-hybridized carbons (Fsp3) is 0.571. The fourth-order valence-corrected chi connectivity index (χ4v) is 1.68. The van der Waals surface area contributed by atoms with E-state index in [1.807, 2.05) is 0 Å². The Morgan fingerprint density at radius 3 is 2.29 bits per heavy atom. The summed E-state index contributed by atoms with van der Waals surface area (Å²) in [6.07, 6.45) is 0.902. The molecule has 0 aromatic rings. The zero-order chi connectivity index (χ0) is 10.7. The minimum absolute atomic E-state index is 0. The van der Waals surface area contributed by atoms with Crippen molar-refractivity contribution in [3.63, 3.8) is 0 Å². The molecule has 0 aliphatic rings. The molecular weight excluding hydrogens is 235 g/mol. The van der Waals surface area contributed by atoms with Gasteiger partial charge >= 0.3 is 57.4 Å². The summed E-state index contributed by atoms with van der Waals surface area (Å²) >= 11 is 0. The molecule has 0 aromatic carbocycles. The van der Waals surface area contributed by atoms with Crippen LogP contribution in [0.3, 0.4) is 0 Å². The molecule has 0 unspecified atom stereocenters. The van der Waals surface area contributed by atoms with Gasteiger partial charge in [0.15, 0.2) is 0 Å². The summed E-state index contributed by atoms with van der Waals surface area (Å²) in [5.74, 6) is -1.51. The zero-order valence-corrected chi connectivity index (χ0v) is 12.4. The first-order chi connectivity index (χ1) is 5.66. The average molecular weight is 246 g/mol. The first-order valence-electron chi connectivity index (χ1n) is 3.45. The van der Waals surface area contributed by atoms with E-state index in [1.165, 1.54) is 13.8 Å². The second kappa shape index (κ2) is 6.36. The predicted octanol–water partition coefficient (Wildman–Crippen LogP) is -2.96. The Kier molecular flexibility index (Phi) is 7.80. The summed E-state index contributed by atoms with van der Waals surface area (Å²) in [4.78, 5) is 10.7. The Labute approximate surface area is 126 Å². The molecule has 0 rings (SSSR count). The van der Waals surface area contributed by atoms with Gasteiger partial charge < -0.3 is 9.29 Å². The van der Waals surface area contributed by atoms with Gasteiger partial charge in [0.05, 0.1) is 15.9 Å². The Bertz CT molecular complexity index is 306. The van der Waals surface area contributed by atoms with Crippen LogP contribution in [0.15, 0.2) is 12.7 Å². The molecule has 0 aromatic heterocycles. The average Bonchev–Trinajstić information content (AvgIpc) is 1.80. The SMILES string of the molecule is C=CC(=O)OC(C)(C)CS(=O)(=O)[O-].[K+]. The molecule has 0 N–H and O–H groups in total. The third kappa shape index (κ3) is 9.32. The summed E-state index contributed by atoms with van der Waals surface area (Å²) in [6.45, 7) is 5.81. The molecule has 0 aliphatic heterocycles. The monoisotopic (exact) mass is 246 g/mol. The van der Waals surface area contributed by atoms with Gasteiger partial charge in [-0.25, -0.2) is 13.2 Å². The van der Waals surface area contributed by atoms with Gasteiger partial charge in [-0.1, -0.05) is 6.58 Å². The summed E-state index contributed by atoms with van der Waals surface area (Å²) in [5, 5.41) is 0. The van der Waals surface area contributed by atoms with Crippen molar-refractivity contribution in [1.29, 1.82) is 0 Å². The molecule has 5 nitrogen and oxygen atoms in total. The summed E-state index contributed by atoms with van der Waals surface area (Å²) < 4.78 is 35.7. The molecule has 0 heterocycles. The largest absolute Gasteiger partial charge is 1.00 e. The van der Waals surface area contributed by atoms with Gasteiger partial charge in [0, 0.05) is 6.08 Å². The number of hydrogen-bond donors (Lipinski definition) is 0. The van der Waals surface area contributed by atoms with Crippen molar-refractivity contribution in [2.24, 2.45) is 0 Å². The van der Waals surface area contributed by atoms with E-state index in [-0.39, 0.29) is 51.4 Å². The second-order valence-electron chi connectivity index (χ2n) is 3.09. The van der Waals surface area contributed by atoms with E-state index in [9.17, 15) is 17.8 Å². The molecule has 0 bridgehead atoms. The number of carbonyl (C=O) groups excluding carboxylic acids is 1. The minimum atomic E-state index is -4.40. The first kappa shape index (κ1) is 17.2. The Hall–Kier alpha value is 0.756. The van der Waals surface area contributed by atoms with Crippen LogP contribution in [0.5, 0.6) is 0 Å². The van der Waals surface area contributed by atoms with Gasteiger partial charge in [-0.2, -0.15) is 0 Å². The van der Waals surface area contributed by atoms with Gasteiger partial charge in [-0.3, -0.25) is 0 Å². The quantitative estimate of drug-likeness (QED) is 0.229. The number of ether oxygens (including phenoxy) is 1. The van der Waals surface area contributed by atoms with Gasteiger partial charge in [-0.05, 0) is 13.8 Å². The third-order valence-corrected chi connectivity index (χ3v) is 2.12. The van der Waals surface area contributed by atoms with E-state index in [1.54, 1.807) is 0 Å². The maximum atomic E-state index is 10.7. The maximum Gasteiger partial charge on any atom is 1.00 e. The van der Waals surface area contributed by atoms with Crippen LogP contribution in [-0.2, 0) is 19.6 Å². The van der Waals surface area contributed by atoms with Gasteiger partial charge in [0.1, 0.15) is 5.60 Å². The number of carbonyl (C=O) groups is 1. The molecule has 0 fully saturated rings. The van der Waals surface area contributed by atoms with Crippen molar-refractivity contribution < 1.29 is 73.9 Å². The molecule has 0 aliphatic carbocycles. The molecule has 0 saturated heterocycles. The topological polar surface area (TPSA) is 83.5 Å². The third-order valence-electron chi connectivity index (χ3n) is 1.07. The summed E-state index contributed by atoms with van der Waals surface area (Å²) in [7, 11) is -4.40. The van der Waals surface area contributed by atoms with Crippen LogP contribution in [0.4, 0.5) is 0 Å². The van der Waals surface area contributed by atoms with E-state index in [0.29, 0.717) is 0 Å². The Morgan fingerprint density at radius 1 is 1.57 bits per heavy atom. The molecule has 0 atom stereocenters. The smallest absolute Gasteiger partial charge is 0.748 e. The molecular formula is C7H11KO5S. The summed E-state index contributed by atoms with van der Waals surface area (Å²) in [5.41, 5.74) is -1.31. The molecule has 14 heavy (non-hydrogen) atoms. The van der Waals surface area contributed by atoms with Crippen LogP contribution >= 0.6 is 0 Å². The number of rotatable bonds is 4. The van der Waals surface area contributed by atoms with Crippen molar-refractivity contribution in [3.8, 4) is 0 Å². The molecule has 0 amide bonds.